The third kappa shape index (κ3) is 4.02. The Morgan fingerprint density at radius 2 is 1.97 bits per heavy atom. The molecule has 1 fully saturated rings. The molecule has 1 aliphatic heterocycles. The lowest BCUT2D eigenvalue weighted by atomic mass is 10.1. The first-order chi connectivity index (χ1) is 15.7. The maximum absolute atomic E-state index is 5.65. The minimum absolute atomic E-state index is 0.698. The largest absolute Gasteiger partial charge is 0.495 e. The van der Waals surface area contributed by atoms with Crippen molar-refractivity contribution in [1.82, 2.24) is 19.9 Å². The molecule has 1 aliphatic rings. The van der Waals surface area contributed by atoms with Gasteiger partial charge < -0.3 is 24.2 Å². The van der Waals surface area contributed by atoms with E-state index in [2.05, 4.69) is 31.5 Å². The van der Waals surface area contributed by atoms with Crippen molar-refractivity contribution in [3.05, 3.63) is 55.2 Å². The van der Waals surface area contributed by atoms with Gasteiger partial charge in [-0.15, -0.1) is 0 Å². The van der Waals surface area contributed by atoms with Gasteiger partial charge in [0, 0.05) is 55.4 Å². The van der Waals surface area contributed by atoms with Crippen LogP contribution in [0.4, 0.5) is 17.2 Å². The van der Waals surface area contributed by atoms with Gasteiger partial charge in [-0.2, -0.15) is 5.10 Å². The highest BCUT2D eigenvalue weighted by Crippen LogP contribution is 2.34. The monoisotopic (exact) mass is 432 g/mol. The van der Waals surface area contributed by atoms with Crippen molar-refractivity contribution in [3.63, 3.8) is 0 Å². The fraction of sp³-hybridized carbons (Fsp3) is 0.261. The van der Waals surface area contributed by atoms with Crippen molar-refractivity contribution in [1.29, 1.82) is 0 Å². The maximum Gasteiger partial charge on any atom is 0.144 e. The van der Waals surface area contributed by atoms with Crippen molar-refractivity contribution < 1.29 is 14.0 Å². The smallest absolute Gasteiger partial charge is 0.144 e. The highest BCUT2D eigenvalue weighted by molar-refractivity contribution is 5.80. The molecule has 4 aromatic rings. The SMILES string of the molecule is COc1cc(Nc2cc(-c3nocc3-c3cnn(C)c3)ccn2)ccc1N1CCOCC1. The predicted molar refractivity (Wildman–Crippen MR) is 121 cm³/mol. The van der Waals surface area contributed by atoms with E-state index in [-0.39, 0.29) is 0 Å². The Hall–Kier alpha value is -3.85. The van der Waals surface area contributed by atoms with Crippen LogP contribution in [0.25, 0.3) is 22.4 Å². The fourth-order valence-corrected chi connectivity index (χ4v) is 3.82. The topological polar surface area (TPSA) is 90.5 Å². The third-order valence-electron chi connectivity index (χ3n) is 5.42. The molecule has 5 rings (SSSR count). The van der Waals surface area contributed by atoms with Gasteiger partial charge >= 0.3 is 0 Å². The number of aromatic nitrogens is 4. The van der Waals surface area contributed by atoms with Crippen LogP contribution in [-0.4, -0.2) is 53.3 Å². The number of pyridine rings is 1. The quantitative estimate of drug-likeness (QED) is 0.493. The van der Waals surface area contributed by atoms with Gasteiger partial charge in [-0.1, -0.05) is 5.16 Å². The second-order valence-electron chi connectivity index (χ2n) is 7.52. The number of nitrogens with one attached hydrogen (secondary N) is 1. The van der Waals surface area contributed by atoms with Gasteiger partial charge in [0.25, 0.3) is 0 Å². The normalized spacial score (nSPS) is 13.9. The van der Waals surface area contributed by atoms with Crippen LogP contribution in [0.15, 0.2) is 59.7 Å². The van der Waals surface area contributed by atoms with E-state index in [4.69, 9.17) is 14.0 Å². The van der Waals surface area contributed by atoms with Crippen molar-refractivity contribution in [3.8, 4) is 28.1 Å². The number of benzene rings is 1. The first-order valence-corrected chi connectivity index (χ1v) is 10.4. The van der Waals surface area contributed by atoms with E-state index in [1.54, 1.807) is 30.4 Å². The number of anilines is 3. The number of hydrogen-bond acceptors (Lipinski definition) is 8. The molecule has 4 heterocycles. The van der Waals surface area contributed by atoms with Gasteiger partial charge in [-0.05, 0) is 24.3 Å². The summed E-state index contributed by atoms with van der Waals surface area (Å²) in [6, 6.07) is 9.93. The van der Waals surface area contributed by atoms with Crippen LogP contribution in [0, 0.1) is 0 Å². The van der Waals surface area contributed by atoms with Crippen molar-refractivity contribution in [2.75, 3.05) is 43.6 Å². The van der Waals surface area contributed by atoms with E-state index in [1.807, 2.05) is 37.5 Å². The summed E-state index contributed by atoms with van der Waals surface area (Å²) in [5.74, 6) is 1.51. The van der Waals surface area contributed by atoms with Gasteiger partial charge in [-0.3, -0.25) is 4.68 Å². The molecule has 0 spiro atoms. The standard InChI is InChI=1S/C23H24N6O3/c1-28-14-17(13-25-28)19-15-32-27-23(19)16-5-6-24-22(11-16)26-18-3-4-20(21(12-18)30-2)29-7-9-31-10-8-29/h3-6,11-15H,7-10H2,1-2H3,(H,24,26). The molecule has 9 heteroatoms. The lowest BCUT2D eigenvalue weighted by molar-refractivity contribution is 0.122. The average molecular weight is 432 g/mol. The molecule has 9 nitrogen and oxygen atoms in total. The molecule has 0 atom stereocenters. The maximum atomic E-state index is 5.65. The van der Waals surface area contributed by atoms with Crippen LogP contribution in [0.2, 0.25) is 0 Å². The van der Waals surface area contributed by atoms with Gasteiger partial charge in [0.15, 0.2) is 0 Å². The molecule has 1 aromatic carbocycles. The number of ether oxygens (including phenoxy) is 2. The van der Waals surface area contributed by atoms with Gasteiger partial charge in [0.05, 0.1) is 37.8 Å². The fourth-order valence-electron chi connectivity index (χ4n) is 3.82. The molecule has 1 saturated heterocycles. The summed E-state index contributed by atoms with van der Waals surface area (Å²) in [4.78, 5) is 6.74. The van der Waals surface area contributed by atoms with Crippen LogP contribution < -0.4 is 15.0 Å². The Labute approximate surface area is 185 Å². The lowest BCUT2D eigenvalue weighted by Crippen LogP contribution is -2.36. The van der Waals surface area contributed by atoms with Crippen LogP contribution in [0.3, 0.4) is 0 Å². The van der Waals surface area contributed by atoms with Crippen LogP contribution in [-0.2, 0) is 11.8 Å². The van der Waals surface area contributed by atoms with Gasteiger partial charge in [0.2, 0.25) is 0 Å². The number of nitrogens with zero attached hydrogens (tertiary/aromatic N) is 5. The van der Waals surface area contributed by atoms with Crippen LogP contribution in [0.1, 0.15) is 0 Å². The molecular formula is C23H24N6O3. The Morgan fingerprint density at radius 1 is 1.09 bits per heavy atom. The van der Waals surface area contributed by atoms with E-state index in [0.717, 1.165) is 65.8 Å². The molecule has 0 bridgehead atoms. The summed E-state index contributed by atoms with van der Waals surface area (Å²) < 4.78 is 18.1. The Bertz CT molecular complexity index is 1210. The number of hydrogen-bond donors (Lipinski definition) is 1. The van der Waals surface area contributed by atoms with Crippen molar-refractivity contribution >= 4 is 17.2 Å². The van der Waals surface area contributed by atoms with E-state index < -0.39 is 0 Å². The second-order valence-corrected chi connectivity index (χ2v) is 7.52. The Morgan fingerprint density at radius 3 is 2.75 bits per heavy atom. The molecule has 3 aromatic heterocycles. The minimum atomic E-state index is 0.698. The van der Waals surface area contributed by atoms with E-state index in [1.165, 1.54) is 0 Å². The number of morpholine rings is 1. The molecule has 1 N–H and O–H groups in total. The molecule has 0 saturated carbocycles. The summed E-state index contributed by atoms with van der Waals surface area (Å²) in [5, 5.41) is 11.8. The highest BCUT2D eigenvalue weighted by atomic mass is 16.5. The summed E-state index contributed by atoms with van der Waals surface area (Å²) in [6.07, 6.45) is 7.10. The zero-order chi connectivity index (χ0) is 21.9. The first kappa shape index (κ1) is 20.1. The molecule has 0 radical (unpaired) electrons. The van der Waals surface area contributed by atoms with Gasteiger partial charge in [-0.25, -0.2) is 4.98 Å². The van der Waals surface area contributed by atoms with Gasteiger partial charge in [0.1, 0.15) is 23.5 Å². The van der Waals surface area contributed by atoms with E-state index in [9.17, 15) is 0 Å². The first-order valence-electron chi connectivity index (χ1n) is 10.4. The average Bonchev–Trinajstić information content (AvgIpc) is 3.49. The number of aryl methyl sites for hydroxylation is 1. The lowest BCUT2D eigenvalue weighted by Gasteiger charge is -2.30. The number of methoxy groups -OCH3 is 1. The van der Waals surface area contributed by atoms with Crippen molar-refractivity contribution in [2.45, 2.75) is 0 Å². The highest BCUT2D eigenvalue weighted by Gasteiger charge is 2.17. The zero-order valence-electron chi connectivity index (χ0n) is 18.0. The molecule has 0 unspecified atom stereocenters. The zero-order valence-corrected chi connectivity index (χ0v) is 18.0. The van der Waals surface area contributed by atoms with Crippen molar-refractivity contribution in [2.24, 2.45) is 7.05 Å². The second kappa shape index (κ2) is 8.72. The summed E-state index contributed by atoms with van der Waals surface area (Å²) in [6.45, 7) is 3.15. The molecule has 0 aliphatic carbocycles. The molecule has 0 amide bonds. The summed E-state index contributed by atoms with van der Waals surface area (Å²) >= 11 is 0. The van der Waals surface area contributed by atoms with E-state index >= 15 is 0 Å². The Kier molecular flexibility index (Phi) is 5.47. The van der Waals surface area contributed by atoms with Crippen LogP contribution >= 0.6 is 0 Å². The van der Waals surface area contributed by atoms with Crippen LogP contribution in [0.5, 0.6) is 5.75 Å². The summed E-state index contributed by atoms with van der Waals surface area (Å²) in [7, 11) is 3.57. The number of rotatable bonds is 6. The minimum Gasteiger partial charge on any atom is -0.495 e. The summed E-state index contributed by atoms with van der Waals surface area (Å²) in [5.41, 5.74) is 5.41. The Balaban J connectivity index is 1.40. The van der Waals surface area contributed by atoms with E-state index in [0.29, 0.717) is 5.82 Å². The molecular weight excluding hydrogens is 408 g/mol. The third-order valence-corrected chi connectivity index (χ3v) is 5.42. The predicted octanol–water partition coefficient (Wildman–Crippen LogP) is 3.73. The molecule has 164 valence electrons. The molecule has 32 heavy (non-hydrogen) atoms.